The fraction of sp³-hybridized carbons (Fsp3) is 0.562. The molecule has 0 aromatic heterocycles. The number of halogens is 1. The van der Waals surface area contributed by atoms with E-state index in [1.54, 1.807) is 12.1 Å². The van der Waals surface area contributed by atoms with E-state index in [1.807, 2.05) is 6.07 Å². The van der Waals surface area contributed by atoms with Crippen molar-refractivity contribution in [3.05, 3.63) is 28.8 Å². The highest BCUT2D eigenvalue weighted by atomic mass is 35.5. The minimum atomic E-state index is -0.990. The molecule has 0 bridgehead atoms. The van der Waals surface area contributed by atoms with Crippen molar-refractivity contribution in [1.82, 2.24) is 4.90 Å². The molecule has 0 unspecified atom stereocenters. The van der Waals surface area contributed by atoms with E-state index in [0.29, 0.717) is 5.02 Å². The van der Waals surface area contributed by atoms with Crippen LogP contribution < -0.4 is 4.90 Å². The molecule has 0 amide bonds. The molecular formula is C16H25ClN2O2. The zero-order valence-corrected chi connectivity index (χ0v) is 13.9. The second-order valence-corrected chi connectivity index (χ2v) is 5.34. The van der Waals surface area contributed by atoms with Gasteiger partial charge in [0, 0.05) is 18.8 Å². The molecule has 1 aromatic rings. The number of carbonyl (C=O) groups is 1. The van der Waals surface area contributed by atoms with Crippen LogP contribution >= 0.6 is 11.6 Å². The first-order valence-electron chi connectivity index (χ1n) is 7.53. The van der Waals surface area contributed by atoms with Crippen LogP contribution in [-0.4, -0.2) is 48.7 Å². The maximum atomic E-state index is 11.0. The van der Waals surface area contributed by atoms with E-state index in [9.17, 15) is 4.79 Å². The fourth-order valence-corrected chi connectivity index (χ4v) is 2.62. The van der Waals surface area contributed by atoms with Crippen molar-refractivity contribution in [2.45, 2.75) is 27.2 Å². The molecule has 0 aliphatic heterocycles. The van der Waals surface area contributed by atoms with E-state index in [2.05, 4.69) is 30.6 Å². The van der Waals surface area contributed by atoms with Gasteiger partial charge < -0.3 is 14.9 Å². The highest BCUT2D eigenvalue weighted by molar-refractivity contribution is 6.33. The topological polar surface area (TPSA) is 43.8 Å². The first-order chi connectivity index (χ1) is 10.0. The van der Waals surface area contributed by atoms with Crippen molar-refractivity contribution >= 4 is 23.3 Å². The summed E-state index contributed by atoms with van der Waals surface area (Å²) >= 11 is 6.04. The summed E-state index contributed by atoms with van der Waals surface area (Å²) in [6, 6.07) is 5.15. The second-order valence-electron chi connectivity index (χ2n) is 4.93. The summed E-state index contributed by atoms with van der Waals surface area (Å²) < 4.78 is 0. The molecule has 0 heterocycles. The Bertz CT molecular complexity index is 462. The van der Waals surface area contributed by atoms with Gasteiger partial charge in [-0.2, -0.15) is 0 Å². The number of benzene rings is 1. The van der Waals surface area contributed by atoms with Gasteiger partial charge in [0.15, 0.2) is 0 Å². The Balaban J connectivity index is 2.68. The summed E-state index contributed by atoms with van der Waals surface area (Å²) in [6.07, 6.45) is 1.08. The number of rotatable bonds is 9. The third-order valence-corrected chi connectivity index (χ3v) is 4.04. The molecule has 1 N–H and O–H groups in total. The van der Waals surface area contributed by atoms with Gasteiger partial charge in [0.05, 0.1) is 10.6 Å². The zero-order valence-electron chi connectivity index (χ0n) is 13.1. The molecule has 21 heavy (non-hydrogen) atoms. The predicted molar refractivity (Wildman–Crippen MR) is 88.7 cm³/mol. The third kappa shape index (κ3) is 5.21. The molecule has 0 aliphatic rings. The maximum absolute atomic E-state index is 11.0. The largest absolute Gasteiger partial charge is 0.478 e. The Hall–Kier alpha value is -1.26. The summed E-state index contributed by atoms with van der Waals surface area (Å²) in [5.74, 6) is -0.990. The van der Waals surface area contributed by atoms with Gasteiger partial charge >= 0.3 is 5.97 Å². The third-order valence-electron chi connectivity index (χ3n) is 3.73. The Morgan fingerprint density at radius 2 is 1.81 bits per heavy atom. The monoisotopic (exact) mass is 312 g/mol. The number of anilines is 1. The van der Waals surface area contributed by atoms with Gasteiger partial charge in [0.25, 0.3) is 0 Å². The van der Waals surface area contributed by atoms with E-state index in [-0.39, 0.29) is 5.56 Å². The van der Waals surface area contributed by atoms with E-state index >= 15 is 0 Å². The van der Waals surface area contributed by atoms with Crippen LogP contribution in [0.3, 0.4) is 0 Å². The van der Waals surface area contributed by atoms with Gasteiger partial charge in [-0.1, -0.05) is 25.4 Å². The average Bonchev–Trinajstić information content (AvgIpc) is 2.47. The van der Waals surface area contributed by atoms with Crippen molar-refractivity contribution in [3.63, 3.8) is 0 Å². The average molecular weight is 313 g/mol. The summed E-state index contributed by atoms with van der Waals surface area (Å²) in [7, 11) is 0. The highest BCUT2D eigenvalue weighted by Crippen LogP contribution is 2.24. The summed E-state index contributed by atoms with van der Waals surface area (Å²) in [5, 5.41) is 9.30. The number of carboxylic acid groups (broad SMARTS) is 1. The quantitative estimate of drug-likeness (QED) is 0.756. The molecular weight excluding hydrogens is 288 g/mol. The molecule has 1 aromatic carbocycles. The van der Waals surface area contributed by atoms with Crippen molar-refractivity contribution in [2.75, 3.05) is 37.6 Å². The lowest BCUT2D eigenvalue weighted by Crippen LogP contribution is -2.30. The molecule has 0 atom stereocenters. The summed E-state index contributed by atoms with van der Waals surface area (Å²) in [5.41, 5.74) is 1.13. The number of carboxylic acids is 1. The predicted octanol–water partition coefficient (Wildman–Crippen LogP) is 3.60. The normalized spacial score (nSPS) is 10.9. The molecule has 0 saturated heterocycles. The lowest BCUT2D eigenvalue weighted by atomic mass is 10.2. The molecule has 0 radical (unpaired) electrons. The van der Waals surface area contributed by atoms with Gasteiger partial charge in [0.2, 0.25) is 0 Å². The molecule has 118 valence electrons. The number of hydrogen-bond donors (Lipinski definition) is 1. The molecule has 5 heteroatoms. The standard InChI is InChI=1S/C16H25ClN2O2/c1-4-18(5-2)10-7-11-19(6-3)13-8-9-14(16(20)21)15(17)12-13/h8-9,12H,4-7,10-11H2,1-3H3,(H,20,21). The minimum absolute atomic E-state index is 0.152. The van der Waals surface area contributed by atoms with Crippen LogP contribution in [0.15, 0.2) is 18.2 Å². The molecule has 0 saturated carbocycles. The van der Waals surface area contributed by atoms with Gasteiger partial charge in [0.1, 0.15) is 0 Å². The van der Waals surface area contributed by atoms with Gasteiger partial charge in [-0.05, 0) is 51.2 Å². The van der Waals surface area contributed by atoms with Gasteiger partial charge in [-0.25, -0.2) is 4.79 Å². The lowest BCUT2D eigenvalue weighted by Gasteiger charge is -2.25. The number of nitrogens with zero attached hydrogens (tertiary/aromatic N) is 2. The van der Waals surface area contributed by atoms with Crippen molar-refractivity contribution in [1.29, 1.82) is 0 Å². The molecule has 1 rings (SSSR count). The van der Waals surface area contributed by atoms with Crippen LogP contribution in [0.1, 0.15) is 37.6 Å². The summed E-state index contributed by atoms with van der Waals surface area (Å²) in [4.78, 5) is 15.6. The van der Waals surface area contributed by atoms with Crippen LogP contribution in [0.2, 0.25) is 5.02 Å². The van der Waals surface area contributed by atoms with Crippen LogP contribution in [0, 0.1) is 0 Å². The fourth-order valence-electron chi connectivity index (χ4n) is 2.37. The van der Waals surface area contributed by atoms with Crippen molar-refractivity contribution in [3.8, 4) is 0 Å². The van der Waals surface area contributed by atoms with Gasteiger partial charge in [-0.15, -0.1) is 0 Å². The molecule has 0 aliphatic carbocycles. The number of hydrogen-bond acceptors (Lipinski definition) is 3. The number of aromatic carboxylic acids is 1. The van der Waals surface area contributed by atoms with Crippen LogP contribution in [0.25, 0.3) is 0 Å². The highest BCUT2D eigenvalue weighted by Gasteiger charge is 2.12. The SMILES string of the molecule is CCN(CC)CCCN(CC)c1ccc(C(=O)O)c(Cl)c1. The summed E-state index contributed by atoms with van der Waals surface area (Å²) in [6.45, 7) is 11.5. The van der Waals surface area contributed by atoms with Crippen molar-refractivity contribution < 1.29 is 9.90 Å². The van der Waals surface area contributed by atoms with E-state index in [1.165, 1.54) is 0 Å². The first-order valence-corrected chi connectivity index (χ1v) is 7.91. The zero-order chi connectivity index (χ0) is 15.8. The molecule has 0 spiro atoms. The minimum Gasteiger partial charge on any atom is -0.478 e. The van der Waals surface area contributed by atoms with Crippen molar-refractivity contribution in [2.24, 2.45) is 0 Å². The Kier molecular flexibility index (Phi) is 7.54. The Morgan fingerprint density at radius 1 is 1.14 bits per heavy atom. The smallest absolute Gasteiger partial charge is 0.337 e. The van der Waals surface area contributed by atoms with Crippen LogP contribution in [0.5, 0.6) is 0 Å². The van der Waals surface area contributed by atoms with E-state index in [0.717, 1.165) is 44.8 Å². The molecule has 0 fully saturated rings. The molecule has 4 nitrogen and oxygen atoms in total. The van der Waals surface area contributed by atoms with E-state index in [4.69, 9.17) is 16.7 Å². The van der Waals surface area contributed by atoms with Gasteiger partial charge in [-0.3, -0.25) is 0 Å². The van der Waals surface area contributed by atoms with Crippen LogP contribution in [0.4, 0.5) is 5.69 Å². The van der Waals surface area contributed by atoms with Crippen LogP contribution in [-0.2, 0) is 0 Å². The lowest BCUT2D eigenvalue weighted by molar-refractivity contribution is 0.0697. The maximum Gasteiger partial charge on any atom is 0.337 e. The first kappa shape index (κ1) is 17.8. The van der Waals surface area contributed by atoms with E-state index < -0.39 is 5.97 Å². The Morgan fingerprint density at radius 3 is 2.29 bits per heavy atom. The second kappa shape index (κ2) is 8.90. The Labute approximate surface area is 132 Å².